The van der Waals surface area contributed by atoms with Crippen molar-refractivity contribution in [3.63, 3.8) is 0 Å². The number of piperidine rings is 1. The molecule has 1 aromatic rings. The molecular formula is C23H40IN5O. The first-order chi connectivity index (χ1) is 14.0. The van der Waals surface area contributed by atoms with E-state index in [1.807, 2.05) is 0 Å². The number of aliphatic imine (C=N–C) groups is 1. The van der Waals surface area contributed by atoms with Gasteiger partial charge in [-0.1, -0.05) is 24.3 Å². The molecule has 30 heavy (non-hydrogen) atoms. The number of rotatable bonds is 7. The van der Waals surface area contributed by atoms with Crippen LogP contribution < -0.4 is 10.6 Å². The first kappa shape index (κ1) is 25.4. The van der Waals surface area contributed by atoms with Gasteiger partial charge in [0.1, 0.15) is 0 Å². The van der Waals surface area contributed by atoms with Crippen molar-refractivity contribution in [3.8, 4) is 0 Å². The third-order valence-electron chi connectivity index (χ3n) is 6.08. The van der Waals surface area contributed by atoms with Crippen LogP contribution in [0.1, 0.15) is 44.7 Å². The number of β-amino-alcohol motifs (C(OH)–C–C–N with tert-alkyl or cyclic N) is 1. The quantitative estimate of drug-likeness (QED) is 0.288. The molecule has 0 aromatic heterocycles. The van der Waals surface area contributed by atoms with E-state index in [-0.39, 0.29) is 24.0 Å². The summed E-state index contributed by atoms with van der Waals surface area (Å²) >= 11 is 0. The van der Waals surface area contributed by atoms with E-state index in [2.05, 4.69) is 70.5 Å². The Kier molecular flexibility index (Phi) is 10.8. The van der Waals surface area contributed by atoms with Crippen LogP contribution in [0.5, 0.6) is 0 Å². The van der Waals surface area contributed by atoms with Gasteiger partial charge in [0.05, 0.1) is 12.6 Å². The van der Waals surface area contributed by atoms with Crippen LogP contribution in [0, 0.1) is 0 Å². The topological polar surface area (TPSA) is 63.1 Å². The van der Waals surface area contributed by atoms with Gasteiger partial charge < -0.3 is 20.6 Å². The summed E-state index contributed by atoms with van der Waals surface area (Å²) in [5.41, 5.74) is 2.83. The molecule has 170 valence electrons. The zero-order valence-corrected chi connectivity index (χ0v) is 21.1. The number of benzene rings is 1. The average molecular weight is 530 g/mol. The lowest BCUT2D eigenvalue weighted by molar-refractivity contribution is 0.111. The maximum atomic E-state index is 10.6. The van der Waals surface area contributed by atoms with Crippen LogP contribution >= 0.6 is 24.0 Å². The number of nitrogens with one attached hydrogen (secondary N) is 2. The summed E-state index contributed by atoms with van der Waals surface area (Å²) in [5, 5.41) is 17.5. The summed E-state index contributed by atoms with van der Waals surface area (Å²) in [6.07, 6.45) is 2.89. The summed E-state index contributed by atoms with van der Waals surface area (Å²) in [5.74, 6) is 0.832. The van der Waals surface area contributed by atoms with Crippen LogP contribution in [0.2, 0.25) is 0 Å². The number of hydrogen-bond acceptors (Lipinski definition) is 4. The second-order valence-corrected chi connectivity index (χ2v) is 8.68. The minimum Gasteiger partial charge on any atom is -0.390 e. The van der Waals surface area contributed by atoms with Gasteiger partial charge in [0, 0.05) is 51.4 Å². The molecule has 2 heterocycles. The lowest BCUT2D eigenvalue weighted by Crippen LogP contribution is -2.50. The van der Waals surface area contributed by atoms with Crippen LogP contribution in [-0.2, 0) is 13.0 Å². The monoisotopic (exact) mass is 529 g/mol. The number of nitrogens with zero attached hydrogens (tertiary/aromatic N) is 3. The predicted octanol–water partition coefficient (Wildman–Crippen LogP) is 2.45. The summed E-state index contributed by atoms with van der Waals surface area (Å²) in [6.45, 7) is 12.7. The van der Waals surface area contributed by atoms with Gasteiger partial charge in [-0.2, -0.15) is 0 Å². The Morgan fingerprint density at radius 2 is 1.87 bits per heavy atom. The highest BCUT2D eigenvalue weighted by Gasteiger charge is 2.22. The fourth-order valence-corrected chi connectivity index (χ4v) is 4.34. The molecule has 1 unspecified atom stereocenters. The number of hydrogen-bond donors (Lipinski definition) is 3. The summed E-state index contributed by atoms with van der Waals surface area (Å²) in [7, 11) is 0. The largest absolute Gasteiger partial charge is 0.390 e. The second-order valence-electron chi connectivity index (χ2n) is 8.68. The standard InChI is InChI=1S/C23H39N5O.HI/c1-4-24-23(26-21-10-13-28(14-11-21)18(2)3)25-15-22(29)17-27-12-9-19-7-5-6-8-20(19)16-27;/h5-8,18,21-22,29H,4,9-17H2,1-3H3,(H2,24,25,26);1H. The smallest absolute Gasteiger partial charge is 0.191 e. The van der Waals surface area contributed by atoms with Crippen molar-refractivity contribution in [1.82, 2.24) is 20.4 Å². The number of fused-ring (bicyclic) bond motifs is 1. The zero-order valence-electron chi connectivity index (χ0n) is 18.8. The molecule has 1 fully saturated rings. The molecule has 6 nitrogen and oxygen atoms in total. The number of aliphatic hydroxyl groups is 1. The van der Waals surface area contributed by atoms with Crippen molar-refractivity contribution in [2.45, 2.75) is 64.8 Å². The highest BCUT2D eigenvalue weighted by atomic mass is 127. The highest BCUT2D eigenvalue weighted by molar-refractivity contribution is 14.0. The number of aliphatic hydroxyl groups excluding tert-OH is 1. The van der Waals surface area contributed by atoms with Crippen molar-refractivity contribution >= 4 is 29.9 Å². The van der Waals surface area contributed by atoms with Gasteiger partial charge in [0.15, 0.2) is 5.96 Å². The molecule has 1 aromatic carbocycles. The Hall–Kier alpha value is -0.900. The van der Waals surface area contributed by atoms with Crippen LogP contribution in [0.4, 0.5) is 0 Å². The first-order valence-electron chi connectivity index (χ1n) is 11.3. The van der Waals surface area contributed by atoms with Crippen LogP contribution in [0.3, 0.4) is 0 Å². The van der Waals surface area contributed by atoms with E-state index >= 15 is 0 Å². The molecule has 1 atom stereocenters. The van der Waals surface area contributed by atoms with Gasteiger partial charge in [0.25, 0.3) is 0 Å². The molecule has 2 aliphatic heterocycles. The van der Waals surface area contributed by atoms with Gasteiger partial charge in [-0.3, -0.25) is 9.89 Å². The van der Waals surface area contributed by atoms with Gasteiger partial charge in [-0.15, -0.1) is 24.0 Å². The summed E-state index contributed by atoms with van der Waals surface area (Å²) in [6, 6.07) is 9.70. The molecule has 0 amide bonds. The number of likely N-dealkylation sites (tertiary alicyclic amines) is 1. The Morgan fingerprint density at radius 3 is 2.53 bits per heavy atom. The van der Waals surface area contributed by atoms with Crippen LogP contribution in [0.25, 0.3) is 0 Å². The van der Waals surface area contributed by atoms with E-state index in [0.717, 1.165) is 57.9 Å². The fraction of sp³-hybridized carbons (Fsp3) is 0.696. The lowest BCUT2D eigenvalue weighted by Gasteiger charge is -2.35. The van der Waals surface area contributed by atoms with Crippen molar-refractivity contribution in [3.05, 3.63) is 35.4 Å². The Bertz CT molecular complexity index is 661. The highest BCUT2D eigenvalue weighted by Crippen LogP contribution is 2.18. The Morgan fingerprint density at radius 1 is 1.17 bits per heavy atom. The second kappa shape index (κ2) is 12.8. The minimum atomic E-state index is -0.446. The maximum Gasteiger partial charge on any atom is 0.191 e. The van der Waals surface area contributed by atoms with Gasteiger partial charge in [-0.05, 0) is 51.2 Å². The normalized spacial score (nSPS) is 19.8. The molecule has 1 saturated heterocycles. The van der Waals surface area contributed by atoms with Gasteiger partial charge in [-0.25, -0.2) is 0 Å². The molecule has 3 N–H and O–H groups in total. The summed E-state index contributed by atoms with van der Waals surface area (Å²) < 4.78 is 0. The SMILES string of the molecule is CCNC(=NCC(O)CN1CCc2ccccc2C1)NC1CCN(C(C)C)CC1.I. The summed E-state index contributed by atoms with van der Waals surface area (Å²) in [4.78, 5) is 9.54. The van der Waals surface area contributed by atoms with Crippen LogP contribution in [0.15, 0.2) is 29.3 Å². The van der Waals surface area contributed by atoms with E-state index in [0.29, 0.717) is 25.2 Å². The fourth-order valence-electron chi connectivity index (χ4n) is 4.34. The van der Waals surface area contributed by atoms with E-state index < -0.39 is 6.10 Å². The first-order valence-corrected chi connectivity index (χ1v) is 11.3. The average Bonchev–Trinajstić information content (AvgIpc) is 2.72. The minimum absolute atomic E-state index is 0. The number of guanidine groups is 1. The maximum absolute atomic E-state index is 10.6. The molecular weight excluding hydrogens is 489 g/mol. The molecule has 7 heteroatoms. The third kappa shape index (κ3) is 7.66. The molecule has 2 aliphatic rings. The van der Waals surface area contributed by atoms with E-state index in [1.165, 1.54) is 11.1 Å². The number of halogens is 1. The molecule has 0 saturated carbocycles. The molecule has 0 bridgehead atoms. The van der Waals surface area contributed by atoms with E-state index in [9.17, 15) is 5.11 Å². The molecule has 0 spiro atoms. The Labute approximate surface area is 199 Å². The van der Waals surface area contributed by atoms with Crippen molar-refractivity contribution in [2.75, 3.05) is 39.3 Å². The third-order valence-corrected chi connectivity index (χ3v) is 6.08. The van der Waals surface area contributed by atoms with Crippen LogP contribution in [-0.4, -0.2) is 78.3 Å². The Balaban J connectivity index is 0.00000320. The van der Waals surface area contributed by atoms with Gasteiger partial charge >= 0.3 is 0 Å². The van der Waals surface area contributed by atoms with Gasteiger partial charge in [0.2, 0.25) is 0 Å². The zero-order chi connectivity index (χ0) is 20.6. The van der Waals surface area contributed by atoms with Crippen molar-refractivity contribution in [1.29, 1.82) is 0 Å². The molecule has 0 aliphatic carbocycles. The van der Waals surface area contributed by atoms with E-state index in [4.69, 9.17) is 0 Å². The van der Waals surface area contributed by atoms with E-state index in [1.54, 1.807) is 0 Å². The molecule has 0 radical (unpaired) electrons. The predicted molar refractivity (Wildman–Crippen MR) is 136 cm³/mol. The van der Waals surface area contributed by atoms with Crippen molar-refractivity contribution in [2.24, 2.45) is 4.99 Å². The molecule has 3 rings (SSSR count). The van der Waals surface area contributed by atoms with Crippen molar-refractivity contribution < 1.29 is 5.11 Å². The lowest BCUT2D eigenvalue weighted by atomic mass is 10.00.